The zero-order valence-electron chi connectivity index (χ0n) is 8.88. The van der Waals surface area contributed by atoms with Gasteiger partial charge in [-0.15, -0.1) is 5.10 Å². The van der Waals surface area contributed by atoms with E-state index in [-0.39, 0.29) is 0 Å². The summed E-state index contributed by atoms with van der Waals surface area (Å²) in [5.41, 5.74) is 2.37. The molecule has 1 aromatic heterocycles. The Balaban J connectivity index is 2.32. The Hall–Kier alpha value is -0.860. The van der Waals surface area contributed by atoms with Crippen LogP contribution in [0.2, 0.25) is 0 Å². The van der Waals surface area contributed by atoms with Gasteiger partial charge in [0.2, 0.25) is 0 Å². The SMILES string of the molecule is CCCCCCc1nnn(C)c1C. The maximum Gasteiger partial charge on any atom is 0.0856 e. The number of nitrogens with zero attached hydrogens (tertiary/aromatic N) is 3. The van der Waals surface area contributed by atoms with E-state index in [0.717, 1.165) is 6.42 Å². The minimum Gasteiger partial charge on any atom is -0.252 e. The molecule has 0 saturated carbocycles. The molecule has 1 rings (SSSR count). The van der Waals surface area contributed by atoms with Crippen LogP contribution in [-0.2, 0) is 13.5 Å². The third-order valence-electron chi connectivity index (χ3n) is 2.47. The first-order chi connectivity index (χ1) is 6.25. The molecule has 0 aliphatic carbocycles. The molecule has 3 heteroatoms. The van der Waals surface area contributed by atoms with E-state index in [2.05, 4.69) is 24.2 Å². The number of rotatable bonds is 5. The summed E-state index contributed by atoms with van der Waals surface area (Å²) in [4.78, 5) is 0. The van der Waals surface area contributed by atoms with Gasteiger partial charge in [-0.1, -0.05) is 31.4 Å². The first-order valence-corrected chi connectivity index (χ1v) is 5.11. The average Bonchev–Trinajstić information content (AvgIpc) is 2.43. The third kappa shape index (κ3) is 2.83. The average molecular weight is 181 g/mol. The molecular weight excluding hydrogens is 162 g/mol. The molecule has 0 aromatic carbocycles. The van der Waals surface area contributed by atoms with E-state index >= 15 is 0 Å². The molecule has 0 saturated heterocycles. The highest BCUT2D eigenvalue weighted by Gasteiger charge is 2.04. The minimum absolute atomic E-state index is 1.08. The van der Waals surface area contributed by atoms with Crippen LogP contribution < -0.4 is 0 Å². The highest BCUT2D eigenvalue weighted by molar-refractivity contribution is 5.07. The fourth-order valence-corrected chi connectivity index (χ4v) is 1.40. The molecule has 0 aliphatic heterocycles. The molecule has 0 atom stereocenters. The topological polar surface area (TPSA) is 30.7 Å². The van der Waals surface area contributed by atoms with Gasteiger partial charge in [0.15, 0.2) is 0 Å². The van der Waals surface area contributed by atoms with Gasteiger partial charge in [0, 0.05) is 7.05 Å². The van der Waals surface area contributed by atoms with Gasteiger partial charge in [-0.05, 0) is 19.8 Å². The molecule has 0 radical (unpaired) electrons. The monoisotopic (exact) mass is 181 g/mol. The van der Waals surface area contributed by atoms with Gasteiger partial charge in [-0.2, -0.15) is 0 Å². The zero-order chi connectivity index (χ0) is 9.68. The van der Waals surface area contributed by atoms with Crippen molar-refractivity contribution >= 4 is 0 Å². The van der Waals surface area contributed by atoms with Crippen LogP contribution >= 0.6 is 0 Å². The summed E-state index contributed by atoms with van der Waals surface area (Å²) >= 11 is 0. The molecule has 0 amide bonds. The van der Waals surface area contributed by atoms with Gasteiger partial charge < -0.3 is 0 Å². The maximum atomic E-state index is 4.13. The lowest BCUT2D eigenvalue weighted by Crippen LogP contribution is -1.94. The lowest BCUT2D eigenvalue weighted by Gasteiger charge is -1.98. The molecule has 0 N–H and O–H groups in total. The molecule has 74 valence electrons. The van der Waals surface area contributed by atoms with Crippen LogP contribution in [-0.4, -0.2) is 15.0 Å². The number of hydrogen-bond donors (Lipinski definition) is 0. The minimum atomic E-state index is 1.08. The van der Waals surface area contributed by atoms with Gasteiger partial charge in [-0.25, -0.2) is 0 Å². The predicted molar refractivity (Wildman–Crippen MR) is 53.6 cm³/mol. The molecule has 0 bridgehead atoms. The van der Waals surface area contributed by atoms with Crippen molar-refractivity contribution in [3.63, 3.8) is 0 Å². The summed E-state index contributed by atoms with van der Waals surface area (Å²) in [5.74, 6) is 0. The quantitative estimate of drug-likeness (QED) is 0.652. The lowest BCUT2D eigenvalue weighted by atomic mass is 10.1. The summed E-state index contributed by atoms with van der Waals surface area (Å²) in [5, 5.41) is 8.11. The molecule has 0 unspecified atom stereocenters. The molecule has 0 aliphatic rings. The molecule has 0 spiro atoms. The Labute approximate surface area is 80.1 Å². The molecule has 0 fully saturated rings. The Morgan fingerprint density at radius 1 is 1.23 bits per heavy atom. The predicted octanol–water partition coefficient (Wildman–Crippen LogP) is 2.25. The smallest absolute Gasteiger partial charge is 0.0856 e. The number of unbranched alkanes of at least 4 members (excludes halogenated alkanes) is 3. The summed E-state index contributed by atoms with van der Waals surface area (Å²) in [6.45, 7) is 4.31. The van der Waals surface area contributed by atoms with Crippen LogP contribution in [0.15, 0.2) is 0 Å². The largest absolute Gasteiger partial charge is 0.252 e. The van der Waals surface area contributed by atoms with E-state index in [1.54, 1.807) is 0 Å². The van der Waals surface area contributed by atoms with Crippen LogP contribution in [0, 0.1) is 6.92 Å². The lowest BCUT2D eigenvalue weighted by molar-refractivity contribution is 0.658. The molecular formula is C10H19N3. The number of aromatic nitrogens is 3. The van der Waals surface area contributed by atoms with Crippen molar-refractivity contribution in [2.24, 2.45) is 7.05 Å². The standard InChI is InChI=1S/C10H19N3/c1-4-5-6-7-8-10-9(2)13(3)12-11-10/h4-8H2,1-3H3. The first-order valence-electron chi connectivity index (χ1n) is 5.11. The van der Waals surface area contributed by atoms with E-state index in [1.807, 2.05) is 11.7 Å². The fourth-order valence-electron chi connectivity index (χ4n) is 1.40. The Morgan fingerprint density at radius 3 is 2.54 bits per heavy atom. The van der Waals surface area contributed by atoms with Gasteiger partial charge in [0.05, 0.1) is 11.4 Å². The molecule has 3 nitrogen and oxygen atoms in total. The fraction of sp³-hybridized carbons (Fsp3) is 0.800. The molecule has 1 heterocycles. The summed E-state index contributed by atoms with van der Waals surface area (Å²) < 4.78 is 1.84. The second-order valence-corrected chi connectivity index (χ2v) is 3.56. The summed E-state index contributed by atoms with van der Waals surface area (Å²) in [6.07, 6.45) is 6.26. The highest BCUT2D eigenvalue weighted by atomic mass is 15.4. The maximum absolute atomic E-state index is 4.13. The molecule has 1 aromatic rings. The van der Waals surface area contributed by atoms with E-state index in [1.165, 1.54) is 37.1 Å². The first kappa shape index (κ1) is 10.2. The van der Waals surface area contributed by atoms with Gasteiger partial charge in [0.1, 0.15) is 0 Å². The van der Waals surface area contributed by atoms with Gasteiger partial charge in [0.25, 0.3) is 0 Å². The Morgan fingerprint density at radius 2 is 2.00 bits per heavy atom. The summed E-state index contributed by atoms with van der Waals surface area (Å²) in [7, 11) is 1.94. The van der Waals surface area contributed by atoms with Gasteiger partial charge in [-0.3, -0.25) is 4.68 Å². The van der Waals surface area contributed by atoms with Crippen molar-refractivity contribution in [1.82, 2.24) is 15.0 Å². The van der Waals surface area contributed by atoms with Crippen LogP contribution in [0.1, 0.15) is 44.0 Å². The van der Waals surface area contributed by atoms with Crippen molar-refractivity contribution in [2.75, 3.05) is 0 Å². The van der Waals surface area contributed by atoms with Crippen LogP contribution in [0.4, 0.5) is 0 Å². The van der Waals surface area contributed by atoms with Crippen LogP contribution in [0.25, 0.3) is 0 Å². The van der Waals surface area contributed by atoms with Crippen molar-refractivity contribution in [3.8, 4) is 0 Å². The van der Waals surface area contributed by atoms with Crippen molar-refractivity contribution in [2.45, 2.75) is 46.0 Å². The zero-order valence-corrected chi connectivity index (χ0v) is 8.88. The number of aryl methyl sites for hydroxylation is 2. The van der Waals surface area contributed by atoms with Crippen LogP contribution in [0.3, 0.4) is 0 Å². The van der Waals surface area contributed by atoms with Crippen molar-refractivity contribution in [3.05, 3.63) is 11.4 Å². The number of hydrogen-bond acceptors (Lipinski definition) is 2. The Bertz CT molecular complexity index is 253. The second-order valence-electron chi connectivity index (χ2n) is 3.56. The third-order valence-corrected chi connectivity index (χ3v) is 2.47. The highest BCUT2D eigenvalue weighted by Crippen LogP contribution is 2.08. The van der Waals surface area contributed by atoms with E-state index in [4.69, 9.17) is 0 Å². The molecule has 13 heavy (non-hydrogen) atoms. The van der Waals surface area contributed by atoms with Crippen molar-refractivity contribution in [1.29, 1.82) is 0 Å². The summed E-state index contributed by atoms with van der Waals surface area (Å²) in [6, 6.07) is 0. The van der Waals surface area contributed by atoms with E-state index in [9.17, 15) is 0 Å². The second kappa shape index (κ2) is 5.00. The van der Waals surface area contributed by atoms with Crippen LogP contribution in [0.5, 0.6) is 0 Å². The van der Waals surface area contributed by atoms with E-state index < -0.39 is 0 Å². The van der Waals surface area contributed by atoms with E-state index in [0.29, 0.717) is 0 Å². The van der Waals surface area contributed by atoms with Gasteiger partial charge >= 0.3 is 0 Å². The van der Waals surface area contributed by atoms with Crippen molar-refractivity contribution < 1.29 is 0 Å². The Kier molecular flexibility index (Phi) is 3.93. The normalized spacial score (nSPS) is 10.7.